The van der Waals surface area contributed by atoms with Crippen molar-refractivity contribution in [3.63, 3.8) is 0 Å². The van der Waals surface area contributed by atoms with Crippen LogP contribution in [0.1, 0.15) is 12.2 Å². The summed E-state index contributed by atoms with van der Waals surface area (Å²) >= 11 is 0. The maximum absolute atomic E-state index is 12.6. The van der Waals surface area contributed by atoms with E-state index in [1.54, 1.807) is 7.11 Å². The highest BCUT2D eigenvalue weighted by atomic mass is 16.5. The average molecular weight is 321 g/mol. The Morgan fingerprint density at radius 1 is 1.21 bits per heavy atom. The molecule has 0 spiro atoms. The molecule has 0 bridgehead atoms. The maximum atomic E-state index is 12.6. The normalized spacial score (nSPS) is 16.6. The molecule has 2 heterocycles. The van der Waals surface area contributed by atoms with E-state index < -0.39 is 0 Å². The van der Waals surface area contributed by atoms with E-state index in [1.807, 2.05) is 42.5 Å². The molecule has 1 atom stereocenters. The van der Waals surface area contributed by atoms with E-state index in [0.717, 1.165) is 41.3 Å². The number of imidazole rings is 1. The average Bonchev–Trinajstić information content (AvgIpc) is 3.00. The molecule has 5 heteroatoms. The van der Waals surface area contributed by atoms with Crippen molar-refractivity contribution in [2.45, 2.75) is 19.4 Å². The number of benzene rings is 2. The summed E-state index contributed by atoms with van der Waals surface area (Å²) in [5, 5.41) is 3.00. The zero-order valence-corrected chi connectivity index (χ0v) is 13.5. The molecule has 24 heavy (non-hydrogen) atoms. The number of anilines is 1. The van der Waals surface area contributed by atoms with Gasteiger partial charge in [-0.2, -0.15) is 0 Å². The molecular weight excluding hydrogens is 302 g/mol. The van der Waals surface area contributed by atoms with Crippen molar-refractivity contribution >= 4 is 22.6 Å². The molecular formula is C19H19N3O2. The first-order valence-electron chi connectivity index (χ1n) is 8.13. The number of ether oxygens (including phenoxy) is 1. The van der Waals surface area contributed by atoms with Crippen LogP contribution in [0.5, 0.6) is 5.75 Å². The zero-order chi connectivity index (χ0) is 16.5. The van der Waals surface area contributed by atoms with E-state index in [2.05, 4.69) is 20.9 Å². The van der Waals surface area contributed by atoms with Crippen LogP contribution in [0.2, 0.25) is 0 Å². The van der Waals surface area contributed by atoms with Crippen molar-refractivity contribution in [3.05, 3.63) is 54.4 Å². The molecule has 4 rings (SSSR count). The topological polar surface area (TPSA) is 56.1 Å². The smallest absolute Gasteiger partial charge is 0.228 e. The summed E-state index contributed by atoms with van der Waals surface area (Å²) in [6.07, 6.45) is 1.51. The monoisotopic (exact) mass is 321 g/mol. The second-order valence-electron chi connectivity index (χ2n) is 6.08. The Kier molecular flexibility index (Phi) is 3.69. The summed E-state index contributed by atoms with van der Waals surface area (Å²) in [4.78, 5) is 17.2. The number of hydrogen-bond acceptors (Lipinski definition) is 3. The molecule has 0 radical (unpaired) electrons. The van der Waals surface area contributed by atoms with Gasteiger partial charge in [-0.15, -0.1) is 0 Å². The van der Waals surface area contributed by atoms with Gasteiger partial charge in [0.1, 0.15) is 11.6 Å². The lowest BCUT2D eigenvalue weighted by molar-refractivity contribution is -0.120. The third kappa shape index (κ3) is 2.62. The van der Waals surface area contributed by atoms with E-state index in [-0.39, 0.29) is 11.8 Å². The fourth-order valence-corrected chi connectivity index (χ4v) is 3.28. The van der Waals surface area contributed by atoms with Crippen LogP contribution in [0.25, 0.3) is 11.0 Å². The largest absolute Gasteiger partial charge is 0.497 e. The van der Waals surface area contributed by atoms with Gasteiger partial charge in [-0.25, -0.2) is 4.98 Å². The van der Waals surface area contributed by atoms with Gasteiger partial charge in [0.15, 0.2) is 0 Å². The van der Waals surface area contributed by atoms with Crippen LogP contribution in [0.3, 0.4) is 0 Å². The number of para-hydroxylation sites is 2. The highest BCUT2D eigenvalue weighted by molar-refractivity contribution is 5.93. The van der Waals surface area contributed by atoms with Gasteiger partial charge in [0, 0.05) is 24.6 Å². The molecule has 3 aromatic rings. The number of methoxy groups -OCH3 is 1. The number of rotatable bonds is 3. The molecule has 0 unspecified atom stereocenters. The minimum absolute atomic E-state index is 0.0450. The Labute approximate surface area is 140 Å². The van der Waals surface area contributed by atoms with E-state index in [0.29, 0.717) is 6.42 Å². The van der Waals surface area contributed by atoms with Crippen molar-refractivity contribution in [2.24, 2.45) is 5.92 Å². The fourth-order valence-electron chi connectivity index (χ4n) is 3.28. The molecule has 0 saturated heterocycles. The zero-order valence-electron chi connectivity index (χ0n) is 13.5. The quantitative estimate of drug-likeness (QED) is 0.805. The van der Waals surface area contributed by atoms with Crippen LogP contribution in [0.4, 0.5) is 5.69 Å². The number of carbonyl (C=O) groups is 1. The Morgan fingerprint density at radius 3 is 2.79 bits per heavy atom. The first kappa shape index (κ1) is 14.8. The SMILES string of the molecule is COc1ccc(NC(=O)[C@H]2CCn3c(nc4ccccc43)C2)cc1. The Balaban J connectivity index is 1.50. The number of fused-ring (bicyclic) bond motifs is 3. The first-order valence-corrected chi connectivity index (χ1v) is 8.13. The van der Waals surface area contributed by atoms with Crippen LogP contribution >= 0.6 is 0 Å². The summed E-state index contributed by atoms with van der Waals surface area (Å²) in [7, 11) is 1.63. The molecule has 122 valence electrons. The maximum Gasteiger partial charge on any atom is 0.228 e. The third-order valence-corrected chi connectivity index (χ3v) is 4.59. The molecule has 1 aliphatic rings. The van der Waals surface area contributed by atoms with Gasteiger partial charge in [0.2, 0.25) is 5.91 Å². The molecule has 1 amide bonds. The highest BCUT2D eigenvalue weighted by Gasteiger charge is 2.27. The molecule has 0 fully saturated rings. The summed E-state index contributed by atoms with van der Waals surface area (Å²) in [5.74, 6) is 1.78. The molecule has 2 aromatic carbocycles. The lowest BCUT2D eigenvalue weighted by Crippen LogP contribution is -2.30. The minimum atomic E-state index is -0.0450. The van der Waals surface area contributed by atoms with Crippen molar-refractivity contribution in [3.8, 4) is 5.75 Å². The van der Waals surface area contributed by atoms with Gasteiger partial charge in [-0.05, 0) is 42.8 Å². The summed E-state index contributed by atoms with van der Waals surface area (Å²) in [5.41, 5.74) is 2.95. The lowest BCUT2D eigenvalue weighted by Gasteiger charge is -2.23. The van der Waals surface area contributed by atoms with Crippen molar-refractivity contribution < 1.29 is 9.53 Å². The van der Waals surface area contributed by atoms with Gasteiger partial charge < -0.3 is 14.6 Å². The van der Waals surface area contributed by atoms with Crippen LogP contribution in [0, 0.1) is 5.92 Å². The van der Waals surface area contributed by atoms with Gasteiger partial charge in [0.05, 0.1) is 18.1 Å². The lowest BCUT2D eigenvalue weighted by atomic mass is 9.96. The molecule has 0 saturated carbocycles. The van der Waals surface area contributed by atoms with Crippen molar-refractivity contribution in [1.82, 2.24) is 9.55 Å². The number of hydrogen-bond donors (Lipinski definition) is 1. The van der Waals surface area contributed by atoms with E-state index in [1.165, 1.54) is 0 Å². The predicted octanol–water partition coefficient (Wildman–Crippen LogP) is 3.25. The van der Waals surface area contributed by atoms with Gasteiger partial charge in [0.25, 0.3) is 0 Å². The number of carbonyl (C=O) groups excluding carboxylic acids is 1. The molecule has 0 aliphatic carbocycles. The standard InChI is InChI=1S/C19H19N3O2/c1-24-15-8-6-14(7-9-15)20-19(23)13-10-11-22-17-5-3-2-4-16(17)21-18(22)12-13/h2-9,13H,10-12H2,1H3,(H,20,23)/t13-/m0/s1. The van der Waals surface area contributed by atoms with Gasteiger partial charge in [-0.3, -0.25) is 4.79 Å². The van der Waals surface area contributed by atoms with Gasteiger partial charge >= 0.3 is 0 Å². The Bertz CT molecular complexity index is 883. The molecule has 1 aliphatic heterocycles. The Morgan fingerprint density at radius 2 is 2.00 bits per heavy atom. The predicted molar refractivity (Wildman–Crippen MR) is 93.2 cm³/mol. The van der Waals surface area contributed by atoms with Crippen LogP contribution < -0.4 is 10.1 Å². The summed E-state index contributed by atoms with van der Waals surface area (Å²) < 4.78 is 7.36. The van der Waals surface area contributed by atoms with Crippen LogP contribution in [-0.2, 0) is 17.8 Å². The molecule has 1 N–H and O–H groups in total. The number of aromatic nitrogens is 2. The van der Waals surface area contributed by atoms with E-state index >= 15 is 0 Å². The number of nitrogens with one attached hydrogen (secondary N) is 1. The fraction of sp³-hybridized carbons (Fsp3) is 0.263. The number of nitrogens with zero attached hydrogens (tertiary/aromatic N) is 2. The number of aryl methyl sites for hydroxylation is 1. The minimum Gasteiger partial charge on any atom is -0.497 e. The molecule has 1 aromatic heterocycles. The van der Waals surface area contributed by atoms with E-state index in [4.69, 9.17) is 4.74 Å². The summed E-state index contributed by atoms with van der Waals surface area (Å²) in [6, 6.07) is 15.5. The van der Waals surface area contributed by atoms with Crippen molar-refractivity contribution in [2.75, 3.05) is 12.4 Å². The van der Waals surface area contributed by atoms with E-state index in [9.17, 15) is 4.79 Å². The van der Waals surface area contributed by atoms with Crippen LogP contribution in [-0.4, -0.2) is 22.6 Å². The highest BCUT2D eigenvalue weighted by Crippen LogP contribution is 2.26. The van der Waals surface area contributed by atoms with Crippen molar-refractivity contribution in [1.29, 1.82) is 0 Å². The van der Waals surface area contributed by atoms with Crippen LogP contribution in [0.15, 0.2) is 48.5 Å². The number of amides is 1. The Hall–Kier alpha value is -2.82. The van der Waals surface area contributed by atoms with Gasteiger partial charge in [-0.1, -0.05) is 12.1 Å². The second kappa shape index (κ2) is 6.00. The second-order valence-corrected chi connectivity index (χ2v) is 6.08. The first-order chi connectivity index (χ1) is 11.7. The summed E-state index contributed by atoms with van der Waals surface area (Å²) in [6.45, 7) is 0.830. The molecule has 5 nitrogen and oxygen atoms in total. The third-order valence-electron chi connectivity index (χ3n) is 4.59.